The SMILES string of the molecule is CC1CC(CN)CN1C(=O)c1ccc(S(=O)(=O)Nc2ccccc2)cc1.Cl. The van der Waals surface area contributed by atoms with Gasteiger partial charge in [0.15, 0.2) is 0 Å². The molecular weight excluding hydrogens is 386 g/mol. The Kier molecular flexibility index (Phi) is 6.86. The third-order valence-corrected chi connectivity index (χ3v) is 6.09. The molecule has 2 atom stereocenters. The molecule has 0 bridgehead atoms. The molecule has 1 saturated heterocycles. The molecule has 0 aliphatic carbocycles. The number of hydrogen-bond donors (Lipinski definition) is 2. The summed E-state index contributed by atoms with van der Waals surface area (Å²) in [6, 6.07) is 14.9. The lowest BCUT2D eigenvalue weighted by atomic mass is 10.1. The number of nitrogens with two attached hydrogens (primary N) is 1. The third kappa shape index (κ3) is 4.80. The van der Waals surface area contributed by atoms with E-state index in [4.69, 9.17) is 5.73 Å². The molecule has 1 amide bonds. The second-order valence-corrected chi connectivity index (χ2v) is 8.32. The first-order valence-corrected chi connectivity index (χ1v) is 10.1. The Bertz CT molecular complexity index is 873. The van der Waals surface area contributed by atoms with Gasteiger partial charge in [0.25, 0.3) is 15.9 Å². The van der Waals surface area contributed by atoms with Crippen molar-refractivity contribution in [1.82, 2.24) is 4.90 Å². The minimum absolute atomic E-state index is 0. The molecule has 2 unspecified atom stereocenters. The van der Waals surface area contributed by atoms with Crippen molar-refractivity contribution in [3.63, 3.8) is 0 Å². The van der Waals surface area contributed by atoms with E-state index in [2.05, 4.69) is 4.72 Å². The first-order chi connectivity index (χ1) is 12.4. The van der Waals surface area contributed by atoms with Crippen LogP contribution in [0.3, 0.4) is 0 Å². The molecule has 2 aromatic rings. The standard InChI is InChI=1S/C19H23N3O3S.ClH/c1-14-11-15(12-20)13-22(14)19(23)16-7-9-18(10-8-16)26(24,25)21-17-5-3-2-4-6-17;/h2-10,14-15,21H,11-13,20H2,1H3;1H. The van der Waals surface area contributed by atoms with Gasteiger partial charge in [0.05, 0.1) is 4.90 Å². The van der Waals surface area contributed by atoms with Crippen LogP contribution in [-0.2, 0) is 10.0 Å². The van der Waals surface area contributed by atoms with Crippen LogP contribution in [-0.4, -0.2) is 38.4 Å². The Morgan fingerprint density at radius 2 is 1.78 bits per heavy atom. The van der Waals surface area contributed by atoms with Crippen LogP contribution >= 0.6 is 12.4 Å². The number of carbonyl (C=O) groups is 1. The fourth-order valence-electron chi connectivity index (χ4n) is 3.26. The van der Waals surface area contributed by atoms with E-state index in [9.17, 15) is 13.2 Å². The summed E-state index contributed by atoms with van der Waals surface area (Å²) >= 11 is 0. The highest BCUT2D eigenvalue weighted by Crippen LogP contribution is 2.25. The zero-order valence-corrected chi connectivity index (χ0v) is 16.7. The number of halogens is 1. The van der Waals surface area contributed by atoms with Crippen molar-refractivity contribution in [2.75, 3.05) is 17.8 Å². The molecule has 0 spiro atoms. The third-order valence-electron chi connectivity index (χ3n) is 4.69. The van der Waals surface area contributed by atoms with E-state index < -0.39 is 10.0 Å². The number of amides is 1. The lowest BCUT2D eigenvalue weighted by Gasteiger charge is -2.21. The van der Waals surface area contributed by atoms with Gasteiger partial charge in [-0.05, 0) is 62.2 Å². The Hall–Kier alpha value is -2.09. The van der Waals surface area contributed by atoms with Gasteiger partial charge in [-0.3, -0.25) is 9.52 Å². The predicted molar refractivity (Wildman–Crippen MR) is 109 cm³/mol. The first-order valence-electron chi connectivity index (χ1n) is 8.59. The lowest BCUT2D eigenvalue weighted by Crippen LogP contribution is -2.34. The number of likely N-dealkylation sites (tertiary alicyclic amines) is 1. The molecular formula is C19H24ClN3O3S. The van der Waals surface area contributed by atoms with E-state index in [-0.39, 0.29) is 29.3 Å². The highest BCUT2D eigenvalue weighted by Gasteiger charge is 2.32. The van der Waals surface area contributed by atoms with Crippen LogP contribution in [0.4, 0.5) is 5.69 Å². The Morgan fingerprint density at radius 3 is 2.33 bits per heavy atom. The van der Waals surface area contributed by atoms with Gasteiger partial charge in [0.2, 0.25) is 0 Å². The van der Waals surface area contributed by atoms with Crippen molar-refractivity contribution in [2.45, 2.75) is 24.3 Å². The predicted octanol–water partition coefficient (Wildman–Crippen LogP) is 2.72. The van der Waals surface area contributed by atoms with E-state index in [1.165, 1.54) is 12.1 Å². The Morgan fingerprint density at radius 1 is 1.15 bits per heavy atom. The van der Waals surface area contributed by atoms with Gasteiger partial charge in [-0.15, -0.1) is 12.4 Å². The molecule has 8 heteroatoms. The smallest absolute Gasteiger partial charge is 0.261 e. The van der Waals surface area contributed by atoms with Crippen molar-refractivity contribution in [3.05, 3.63) is 60.2 Å². The molecule has 1 aliphatic heterocycles. The minimum Gasteiger partial charge on any atom is -0.336 e. The second kappa shape index (κ2) is 8.73. The van der Waals surface area contributed by atoms with Crippen molar-refractivity contribution in [3.8, 4) is 0 Å². The van der Waals surface area contributed by atoms with Crippen molar-refractivity contribution >= 4 is 34.0 Å². The molecule has 0 saturated carbocycles. The number of para-hydroxylation sites is 1. The number of nitrogens with zero attached hydrogens (tertiary/aromatic N) is 1. The fourth-order valence-corrected chi connectivity index (χ4v) is 4.32. The van der Waals surface area contributed by atoms with E-state index >= 15 is 0 Å². The number of hydrogen-bond acceptors (Lipinski definition) is 4. The summed E-state index contributed by atoms with van der Waals surface area (Å²) in [5.41, 5.74) is 6.69. The lowest BCUT2D eigenvalue weighted by molar-refractivity contribution is 0.0743. The molecule has 0 radical (unpaired) electrons. The summed E-state index contributed by atoms with van der Waals surface area (Å²) in [4.78, 5) is 14.6. The highest BCUT2D eigenvalue weighted by atomic mass is 35.5. The van der Waals surface area contributed by atoms with Crippen LogP contribution in [0.5, 0.6) is 0 Å². The first kappa shape index (κ1) is 21.2. The molecule has 27 heavy (non-hydrogen) atoms. The number of carbonyl (C=O) groups excluding carboxylic acids is 1. The molecule has 1 fully saturated rings. The maximum absolute atomic E-state index is 12.7. The van der Waals surface area contributed by atoms with Gasteiger partial charge in [0, 0.05) is 23.8 Å². The van der Waals surface area contributed by atoms with Crippen molar-refractivity contribution < 1.29 is 13.2 Å². The van der Waals surface area contributed by atoms with Crippen molar-refractivity contribution in [2.24, 2.45) is 11.7 Å². The van der Waals surface area contributed by atoms with Crippen LogP contribution in [0.1, 0.15) is 23.7 Å². The minimum atomic E-state index is -3.69. The van der Waals surface area contributed by atoms with Crippen LogP contribution in [0, 0.1) is 5.92 Å². The quantitative estimate of drug-likeness (QED) is 0.794. The average Bonchev–Trinajstić information content (AvgIpc) is 3.02. The summed E-state index contributed by atoms with van der Waals surface area (Å²) in [5.74, 6) is 0.233. The van der Waals surface area contributed by atoms with Gasteiger partial charge in [-0.1, -0.05) is 18.2 Å². The van der Waals surface area contributed by atoms with Gasteiger partial charge in [0.1, 0.15) is 0 Å². The molecule has 6 nitrogen and oxygen atoms in total. The molecule has 3 rings (SSSR count). The molecule has 3 N–H and O–H groups in total. The van der Waals surface area contributed by atoms with E-state index in [0.29, 0.717) is 30.3 Å². The number of nitrogens with one attached hydrogen (secondary N) is 1. The summed E-state index contributed by atoms with van der Waals surface area (Å²) in [6.45, 7) is 3.22. The Labute approximate surface area is 166 Å². The van der Waals surface area contributed by atoms with Crippen LogP contribution < -0.4 is 10.5 Å². The van der Waals surface area contributed by atoms with Crippen molar-refractivity contribution in [1.29, 1.82) is 0 Å². The van der Waals surface area contributed by atoms with Crippen LogP contribution in [0.25, 0.3) is 0 Å². The Balaban J connectivity index is 0.00000261. The van der Waals surface area contributed by atoms with E-state index in [1.54, 1.807) is 36.4 Å². The van der Waals surface area contributed by atoms with E-state index in [1.807, 2.05) is 17.9 Å². The zero-order chi connectivity index (χ0) is 18.7. The highest BCUT2D eigenvalue weighted by molar-refractivity contribution is 7.92. The van der Waals surface area contributed by atoms with Gasteiger partial charge in [-0.2, -0.15) is 0 Å². The molecule has 0 aromatic heterocycles. The van der Waals surface area contributed by atoms with E-state index in [0.717, 1.165) is 6.42 Å². The fraction of sp³-hybridized carbons (Fsp3) is 0.316. The maximum Gasteiger partial charge on any atom is 0.261 e. The number of sulfonamides is 1. The van der Waals surface area contributed by atoms with Gasteiger partial charge in [-0.25, -0.2) is 8.42 Å². The maximum atomic E-state index is 12.7. The average molecular weight is 410 g/mol. The molecule has 2 aromatic carbocycles. The summed E-state index contributed by atoms with van der Waals surface area (Å²) in [5, 5.41) is 0. The topological polar surface area (TPSA) is 92.5 Å². The zero-order valence-electron chi connectivity index (χ0n) is 15.0. The van der Waals surface area contributed by atoms with Crippen LogP contribution in [0.2, 0.25) is 0 Å². The number of benzene rings is 2. The number of rotatable bonds is 5. The molecule has 1 aliphatic rings. The summed E-state index contributed by atoms with van der Waals surface area (Å²) in [7, 11) is -3.69. The van der Waals surface area contributed by atoms with Crippen LogP contribution in [0.15, 0.2) is 59.5 Å². The summed E-state index contributed by atoms with van der Waals surface area (Å²) < 4.78 is 27.4. The summed E-state index contributed by atoms with van der Waals surface area (Å²) in [6.07, 6.45) is 0.899. The van der Waals surface area contributed by atoms with Gasteiger partial charge < -0.3 is 10.6 Å². The molecule has 1 heterocycles. The molecule has 146 valence electrons. The number of anilines is 1. The normalized spacial score (nSPS) is 19.4. The second-order valence-electron chi connectivity index (χ2n) is 6.64. The largest absolute Gasteiger partial charge is 0.336 e. The van der Waals surface area contributed by atoms with Gasteiger partial charge >= 0.3 is 0 Å². The monoisotopic (exact) mass is 409 g/mol.